The summed E-state index contributed by atoms with van der Waals surface area (Å²) in [5, 5.41) is 8.70. The van der Waals surface area contributed by atoms with Gasteiger partial charge in [0.2, 0.25) is 5.89 Å². The van der Waals surface area contributed by atoms with Crippen molar-refractivity contribution in [1.82, 2.24) is 10.2 Å². The van der Waals surface area contributed by atoms with Crippen LogP contribution in [0.15, 0.2) is 38.4 Å². The second-order valence-electron chi connectivity index (χ2n) is 4.08. The van der Waals surface area contributed by atoms with E-state index in [4.69, 9.17) is 4.42 Å². The molecule has 0 amide bonds. The van der Waals surface area contributed by atoms with Gasteiger partial charge in [-0.1, -0.05) is 41.5 Å². The van der Waals surface area contributed by atoms with E-state index in [2.05, 4.69) is 40.0 Å². The Morgan fingerprint density at radius 2 is 1.94 bits per heavy atom. The van der Waals surface area contributed by atoms with Gasteiger partial charge in [0.1, 0.15) is 0 Å². The van der Waals surface area contributed by atoms with E-state index in [1.165, 1.54) is 0 Å². The molecular formula is C12H13BrN2OS. The minimum absolute atomic E-state index is 0.573. The third-order valence-corrected chi connectivity index (χ3v) is 3.81. The van der Waals surface area contributed by atoms with Crippen molar-refractivity contribution in [1.29, 1.82) is 0 Å². The number of halogens is 1. The maximum atomic E-state index is 5.59. The number of benzene rings is 1. The molecular weight excluding hydrogens is 300 g/mol. The zero-order valence-electron chi connectivity index (χ0n) is 9.68. The number of hydrogen-bond acceptors (Lipinski definition) is 4. The fourth-order valence-electron chi connectivity index (χ4n) is 1.22. The molecule has 0 unspecified atom stereocenters. The summed E-state index contributed by atoms with van der Waals surface area (Å²) in [4.78, 5) is 0. The van der Waals surface area contributed by atoms with E-state index >= 15 is 0 Å². The summed E-state index contributed by atoms with van der Waals surface area (Å²) < 4.78 is 6.62. The molecule has 0 spiro atoms. The van der Waals surface area contributed by atoms with Gasteiger partial charge < -0.3 is 4.42 Å². The maximum absolute atomic E-state index is 5.59. The van der Waals surface area contributed by atoms with Crippen molar-refractivity contribution in [2.45, 2.75) is 19.1 Å². The van der Waals surface area contributed by atoms with Gasteiger partial charge in [-0.15, -0.1) is 10.2 Å². The van der Waals surface area contributed by atoms with E-state index in [9.17, 15) is 0 Å². The first-order valence-corrected chi connectivity index (χ1v) is 7.15. The lowest BCUT2D eigenvalue weighted by atomic mass is 10.2. The Hall–Kier alpha value is -0.810. The van der Waals surface area contributed by atoms with E-state index in [1.54, 1.807) is 11.8 Å². The van der Waals surface area contributed by atoms with Crippen LogP contribution < -0.4 is 0 Å². The molecule has 0 atom stereocenters. The van der Waals surface area contributed by atoms with Crippen LogP contribution in [-0.2, 0) is 0 Å². The summed E-state index contributed by atoms with van der Waals surface area (Å²) in [7, 11) is 0. The summed E-state index contributed by atoms with van der Waals surface area (Å²) in [6.07, 6.45) is 0. The fourth-order valence-corrected chi connectivity index (χ4v) is 2.19. The van der Waals surface area contributed by atoms with Gasteiger partial charge in [0.25, 0.3) is 5.22 Å². The van der Waals surface area contributed by atoms with Gasteiger partial charge in [-0.3, -0.25) is 0 Å². The summed E-state index contributed by atoms with van der Waals surface area (Å²) in [5.41, 5.74) is 0.942. The summed E-state index contributed by atoms with van der Waals surface area (Å²) in [5.74, 6) is 2.17. The fraction of sp³-hybridized carbons (Fsp3) is 0.333. The third kappa shape index (κ3) is 3.57. The van der Waals surface area contributed by atoms with E-state index in [1.807, 2.05) is 24.3 Å². The molecule has 0 saturated heterocycles. The Bertz CT molecular complexity index is 482. The molecule has 1 aromatic heterocycles. The van der Waals surface area contributed by atoms with E-state index < -0.39 is 0 Å². The van der Waals surface area contributed by atoms with Gasteiger partial charge in [-0.25, -0.2) is 0 Å². The average Bonchev–Trinajstić information content (AvgIpc) is 2.76. The smallest absolute Gasteiger partial charge is 0.276 e. The quantitative estimate of drug-likeness (QED) is 0.791. The van der Waals surface area contributed by atoms with Crippen LogP contribution in [0.4, 0.5) is 0 Å². The minimum Gasteiger partial charge on any atom is -0.411 e. The van der Waals surface area contributed by atoms with Crippen LogP contribution in [0.2, 0.25) is 0 Å². The van der Waals surface area contributed by atoms with Crippen LogP contribution in [-0.4, -0.2) is 16.0 Å². The highest BCUT2D eigenvalue weighted by Crippen LogP contribution is 2.25. The van der Waals surface area contributed by atoms with Crippen LogP contribution in [0.1, 0.15) is 13.8 Å². The lowest BCUT2D eigenvalue weighted by Gasteiger charge is -1.98. The Kier molecular flexibility index (Phi) is 4.23. The van der Waals surface area contributed by atoms with Crippen molar-refractivity contribution in [2.75, 3.05) is 5.75 Å². The number of rotatable bonds is 4. The summed E-state index contributed by atoms with van der Waals surface area (Å²) in [6, 6.07) is 7.82. The van der Waals surface area contributed by atoms with Crippen LogP contribution >= 0.6 is 27.7 Å². The topological polar surface area (TPSA) is 38.9 Å². The molecule has 0 aliphatic heterocycles. The monoisotopic (exact) mass is 312 g/mol. The van der Waals surface area contributed by atoms with E-state index in [-0.39, 0.29) is 0 Å². The van der Waals surface area contributed by atoms with Crippen LogP contribution in [0.3, 0.4) is 0 Å². The Labute approximate surface area is 113 Å². The van der Waals surface area contributed by atoms with Gasteiger partial charge in [-0.2, -0.15) is 0 Å². The molecule has 17 heavy (non-hydrogen) atoms. The number of nitrogens with zero attached hydrogens (tertiary/aromatic N) is 2. The summed E-state index contributed by atoms with van der Waals surface area (Å²) in [6.45, 7) is 4.33. The molecule has 0 radical (unpaired) electrons. The molecule has 3 nitrogen and oxygen atoms in total. The normalized spacial score (nSPS) is 11.1. The average molecular weight is 313 g/mol. The number of thioether (sulfide) groups is 1. The van der Waals surface area contributed by atoms with Crippen molar-refractivity contribution in [3.05, 3.63) is 28.7 Å². The van der Waals surface area contributed by atoms with Crippen LogP contribution in [0, 0.1) is 5.92 Å². The lowest BCUT2D eigenvalue weighted by Crippen LogP contribution is -1.89. The second-order valence-corrected chi connectivity index (χ2v) is 5.97. The zero-order valence-corrected chi connectivity index (χ0v) is 12.1. The van der Waals surface area contributed by atoms with E-state index in [0.29, 0.717) is 17.0 Å². The first-order valence-electron chi connectivity index (χ1n) is 5.37. The zero-order chi connectivity index (χ0) is 12.3. The van der Waals surface area contributed by atoms with Gasteiger partial charge in [0.05, 0.1) is 0 Å². The van der Waals surface area contributed by atoms with Gasteiger partial charge in [-0.05, 0) is 30.2 Å². The standard InChI is InChI=1S/C12H13BrN2OS/c1-8(2)7-17-12-15-14-11(16-12)9-3-5-10(13)6-4-9/h3-6,8H,7H2,1-2H3. The molecule has 90 valence electrons. The Morgan fingerprint density at radius 3 is 2.59 bits per heavy atom. The van der Waals surface area contributed by atoms with Crippen molar-refractivity contribution in [3.8, 4) is 11.5 Å². The van der Waals surface area contributed by atoms with Crippen molar-refractivity contribution >= 4 is 27.7 Å². The molecule has 1 heterocycles. The molecule has 1 aromatic carbocycles. The molecule has 0 aliphatic carbocycles. The van der Waals surface area contributed by atoms with Gasteiger partial charge in [0, 0.05) is 15.8 Å². The van der Waals surface area contributed by atoms with Crippen molar-refractivity contribution in [2.24, 2.45) is 5.92 Å². The SMILES string of the molecule is CC(C)CSc1nnc(-c2ccc(Br)cc2)o1. The van der Waals surface area contributed by atoms with Crippen LogP contribution in [0.25, 0.3) is 11.5 Å². The highest BCUT2D eigenvalue weighted by molar-refractivity contribution is 9.10. The molecule has 2 rings (SSSR count). The largest absolute Gasteiger partial charge is 0.411 e. The van der Waals surface area contributed by atoms with Crippen molar-refractivity contribution < 1.29 is 4.42 Å². The Morgan fingerprint density at radius 1 is 1.24 bits per heavy atom. The molecule has 0 bridgehead atoms. The minimum atomic E-state index is 0.573. The predicted molar refractivity (Wildman–Crippen MR) is 73.0 cm³/mol. The maximum Gasteiger partial charge on any atom is 0.276 e. The first kappa shape index (κ1) is 12.6. The molecule has 0 N–H and O–H groups in total. The molecule has 0 saturated carbocycles. The van der Waals surface area contributed by atoms with E-state index in [0.717, 1.165) is 15.8 Å². The Balaban J connectivity index is 2.10. The molecule has 5 heteroatoms. The number of hydrogen-bond donors (Lipinski definition) is 0. The van der Waals surface area contributed by atoms with Gasteiger partial charge in [0.15, 0.2) is 0 Å². The molecule has 2 aromatic rings. The highest BCUT2D eigenvalue weighted by Gasteiger charge is 2.09. The first-order chi connectivity index (χ1) is 8.15. The second kappa shape index (κ2) is 5.69. The predicted octanol–water partition coefficient (Wildman–Crippen LogP) is 4.25. The van der Waals surface area contributed by atoms with Gasteiger partial charge >= 0.3 is 0 Å². The number of aromatic nitrogens is 2. The highest BCUT2D eigenvalue weighted by atomic mass is 79.9. The molecule has 0 fully saturated rings. The third-order valence-electron chi connectivity index (χ3n) is 2.04. The summed E-state index contributed by atoms with van der Waals surface area (Å²) >= 11 is 4.99. The molecule has 0 aliphatic rings. The lowest BCUT2D eigenvalue weighted by molar-refractivity contribution is 0.465. The van der Waals surface area contributed by atoms with Crippen LogP contribution in [0.5, 0.6) is 0 Å². The van der Waals surface area contributed by atoms with Crippen molar-refractivity contribution in [3.63, 3.8) is 0 Å².